The lowest BCUT2D eigenvalue weighted by atomic mass is 9.80. The maximum atomic E-state index is 13.5. The van der Waals surface area contributed by atoms with Crippen LogP contribution in [0.2, 0.25) is 0 Å². The van der Waals surface area contributed by atoms with Crippen LogP contribution in [0.4, 0.5) is 10.1 Å². The van der Waals surface area contributed by atoms with Gasteiger partial charge in [-0.2, -0.15) is 4.39 Å². The smallest absolute Gasteiger partial charge is 0.294 e. The third-order valence-corrected chi connectivity index (χ3v) is 8.20. The molecule has 2 aromatic heterocycles. The number of ketones is 1. The molecule has 33 heavy (non-hydrogen) atoms. The lowest BCUT2D eigenvalue weighted by Gasteiger charge is -2.33. The zero-order valence-electron chi connectivity index (χ0n) is 19.4. The summed E-state index contributed by atoms with van der Waals surface area (Å²) in [7, 11) is 1.69. The van der Waals surface area contributed by atoms with Crippen molar-refractivity contribution < 1.29 is 18.8 Å². The third kappa shape index (κ3) is 3.38. The summed E-state index contributed by atoms with van der Waals surface area (Å²) in [5.41, 5.74) is 2.02. The maximum absolute atomic E-state index is 13.5. The molecule has 2 amide bonds. The van der Waals surface area contributed by atoms with Gasteiger partial charge in [-0.05, 0) is 82.3 Å². The number of Topliss-reactive ketones (excluding diaryl/α,β-unsaturated/α-hetero) is 1. The molecule has 4 fully saturated rings. The molecule has 6 rings (SSSR count). The summed E-state index contributed by atoms with van der Waals surface area (Å²) >= 11 is 0. The van der Waals surface area contributed by atoms with Crippen molar-refractivity contribution in [3.05, 3.63) is 46.3 Å². The minimum atomic E-state index is -0.614. The molecule has 4 saturated carbocycles. The Hall–Kier alpha value is -3.03. The van der Waals surface area contributed by atoms with Gasteiger partial charge in [0.05, 0.1) is 23.1 Å². The summed E-state index contributed by atoms with van der Waals surface area (Å²) < 4.78 is 15.1. The zero-order chi connectivity index (χ0) is 23.7. The number of aromatic nitrogens is 2. The largest absolute Gasteiger partial charge is 0.344 e. The highest BCUT2D eigenvalue weighted by atomic mass is 19.1. The van der Waals surface area contributed by atoms with Crippen molar-refractivity contribution in [1.29, 1.82) is 0 Å². The number of pyridine rings is 1. The highest BCUT2D eigenvalue weighted by Gasteiger charge is 2.58. The summed E-state index contributed by atoms with van der Waals surface area (Å²) in [6, 6.07) is 1.50. The van der Waals surface area contributed by atoms with Crippen molar-refractivity contribution in [3.8, 4) is 0 Å². The molecule has 4 aliphatic rings. The molecule has 0 saturated heterocycles. The van der Waals surface area contributed by atoms with Crippen LogP contribution < -0.4 is 10.6 Å². The van der Waals surface area contributed by atoms with Gasteiger partial charge in [-0.15, -0.1) is 0 Å². The number of aryl methyl sites for hydroxylation is 1. The van der Waals surface area contributed by atoms with Crippen LogP contribution in [-0.4, -0.2) is 32.7 Å². The van der Waals surface area contributed by atoms with E-state index in [1.165, 1.54) is 18.7 Å². The minimum absolute atomic E-state index is 0.220. The first-order valence-electron chi connectivity index (χ1n) is 11.6. The second-order valence-electron chi connectivity index (χ2n) is 10.3. The number of amides is 2. The summed E-state index contributed by atoms with van der Waals surface area (Å²) in [5, 5.41) is 5.85. The van der Waals surface area contributed by atoms with E-state index in [2.05, 4.69) is 15.6 Å². The van der Waals surface area contributed by atoms with Crippen molar-refractivity contribution in [2.45, 2.75) is 58.4 Å². The van der Waals surface area contributed by atoms with Gasteiger partial charge < -0.3 is 15.2 Å². The van der Waals surface area contributed by atoms with Crippen LogP contribution in [0, 0.1) is 44.5 Å². The fourth-order valence-electron chi connectivity index (χ4n) is 6.84. The molecule has 7 nitrogen and oxygen atoms in total. The van der Waals surface area contributed by atoms with E-state index in [1.807, 2.05) is 0 Å². The molecule has 174 valence electrons. The number of hydrogen-bond donors (Lipinski definition) is 2. The monoisotopic (exact) mass is 452 g/mol. The molecule has 4 aliphatic carbocycles. The molecular weight excluding hydrogens is 423 g/mol. The number of hydrogen-bond acceptors (Lipinski definition) is 4. The average Bonchev–Trinajstić information content (AvgIpc) is 3.23. The van der Waals surface area contributed by atoms with Gasteiger partial charge in [0.2, 0.25) is 5.95 Å². The highest BCUT2D eigenvalue weighted by molar-refractivity contribution is 6.43. The normalized spacial score (nSPS) is 27.1. The van der Waals surface area contributed by atoms with Crippen LogP contribution in [0.5, 0.6) is 0 Å². The molecule has 4 atom stereocenters. The van der Waals surface area contributed by atoms with E-state index in [0.29, 0.717) is 45.8 Å². The average molecular weight is 453 g/mol. The Morgan fingerprint density at radius 1 is 1.12 bits per heavy atom. The number of anilines is 1. The first-order chi connectivity index (χ1) is 15.6. The molecule has 0 aromatic carbocycles. The number of nitrogens with one attached hydrogen (secondary N) is 2. The Kier molecular flexibility index (Phi) is 4.95. The molecule has 4 bridgehead atoms. The third-order valence-electron chi connectivity index (χ3n) is 8.20. The van der Waals surface area contributed by atoms with Crippen LogP contribution in [0.3, 0.4) is 0 Å². The number of carbonyl (C=O) groups is 3. The van der Waals surface area contributed by atoms with Crippen molar-refractivity contribution in [2.24, 2.45) is 24.8 Å². The Bertz CT molecular complexity index is 1190. The Morgan fingerprint density at radius 3 is 2.42 bits per heavy atom. The zero-order valence-corrected chi connectivity index (χ0v) is 19.4. The predicted molar refractivity (Wildman–Crippen MR) is 121 cm³/mol. The lowest BCUT2D eigenvalue weighted by Crippen LogP contribution is -2.51. The van der Waals surface area contributed by atoms with Crippen molar-refractivity contribution in [3.63, 3.8) is 0 Å². The number of carbonyl (C=O) groups excluding carboxylic acids is 3. The van der Waals surface area contributed by atoms with Crippen LogP contribution >= 0.6 is 0 Å². The van der Waals surface area contributed by atoms with Crippen LogP contribution in [-0.2, 0) is 11.8 Å². The van der Waals surface area contributed by atoms with Crippen molar-refractivity contribution in [1.82, 2.24) is 14.9 Å². The molecule has 8 heteroatoms. The van der Waals surface area contributed by atoms with Gasteiger partial charge in [0, 0.05) is 23.8 Å². The van der Waals surface area contributed by atoms with E-state index < -0.39 is 23.5 Å². The SMILES string of the molecule is Cc1cc(NC(=O)c2c(C)c(C(=O)C(=O)NC34C[C@@H]5CC3C[C@@H](C5)C4)n(C)c2C)cnc1F. The quantitative estimate of drug-likeness (QED) is 0.412. The van der Waals surface area contributed by atoms with Gasteiger partial charge in [-0.1, -0.05) is 0 Å². The number of rotatable bonds is 5. The predicted octanol–water partition coefficient (Wildman–Crippen LogP) is 3.61. The molecule has 0 aliphatic heterocycles. The van der Waals surface area contributed by atoms with E-state index in [9.17, 15) is 18.8 Å². The molecule has 2 unspecified atom stereocenters. The molecular formula is C25H29FN4O3. The molecule has 2 N–H and O–H groups in total. The van der Waals surface area contributed by atoms with Gasteiger partial charge in [0.1, 0.15) is 0 Å². The van der Waals surface area contributed by atoms with Gasteiger partial charge in [-0.3, -0.25) is 14.4 Å². The molecule has 0 spiro atoms. The summed E-state index contributed by atoms with van der Waals surface area (Å²) in [6.07, 6.45) is 6.73. The maximum Gasteiger partial charge on any atom is 0.294 e. The lowest BCUT2D eigenvalue weighted by molar-refractivity contribution is -0.119. The van der Waals surface area contributed by atoms with Crippen molar-refractivity contribution >= 4 is 23.3 Å². The van der Waals surface area contributed by atoms with Crippen LogP contribution in [0.15, 0.2) is 12.3 Å². The van der Waals surface area contributed by atoms with Gasteiger partial charge in [0.15, 0.2) is 0 Å². The van der Waals surface area contributed by atoms with E-state index in [4.69, 9.17) is 0 Å². The number of halogens is 1. The Morgan fingerprint density at radius 2 is 1.79 bits per heavy atom. The van der Waals surface area contributed by atoms with Crippen LogP contribution in [0.25, 0.3) is 0 Å². The second-order valence-corrected chi connectivity index (χ2v) is 10.3. The summed E-state index contributed by atoms with van der Waals surface area (Å²) in [4.78, 5) is 43.0. The van der Waals surface area contributed by atoms with E-state index in [-0.39, 0.29) is 11.2 Å². The second kappa shape index (κ2) is 7.50. The van der Waals surface area contributed by atoms with Gasteiger partial charge in [-0.25, -0.2) is 4.98 Å². The fourth-order valence-corrected chi connectivity index (χ4v) is 6.84. The van der Waals surface area contributed by atoms with Gasteiger partial charge in [0.25, 0.3) is 17.6 Å². The Balaban J connectivity index is 1.38. The molecule has 2 aromatic rings. The van der Waals surface area contributed by atoms with Crippen molar-refractivity contribution in [2.75, 3.05) is 5.32 Å². The summed E-state index contributed by atoms with van der Waals surface area (Å²) in [5.74, 6) is -0.424. The van der Waals surface area contributed by atoms with E-state index in [0.717, 1.165) is 25.7 Å². The summed E-state index contributed by atoms with van der Waals surface area (Å²) in [6.45, 7) is 4.98. The topological polar surface area (TPSA) is 93.1 Å². The first-order valence-corrected chi connectivity index (χ1v) is 11.6. The van der Waals surface area contributed by atoms with Gasteiger partial charge >= 0.3 is 0 Å². The number of nitrogens with zero attached hydrogens (tertiary/aromatic N) is 2. The Labute approximate surface area is 192 Å². The minimum Gasteiger partial charge on any atom is -0.344 e. The standard InChI is InChI=1S/C25H29FN4O3/c1-12-5-18(11-27-22(12)26)28-23(32)19-13(2)20(30(4)14(19)3)21(31)24(33)29-25-9-15-6-16(10-25)8-17(25)7-15/h5,11,15-17H,6-10H2,1-4H3,(H,28,32)(H,29,33)/t15-,16+,17?,25?. The van der Waals surface area contributed by atoms with Crippen LogP contribution in [0.1, 0.15) is 69.8 Å². The molecule has 0 radical (unpaired) electrons. The van der Waals surface area contributed by atoms with E-state index >= 15 is 0 Å². The first kappa shape index (κ1) is 21.8. The fraction of sp³-hybridized carbons (Fsp3) is 0.520. The van der Waals surface area contributed by atoms with E-state index in [1.54, 1.807) is 32.4 Å². The molecule has 2 heterocycles. The highest BCUT2D eigenvalue weighted by Crippen LogP contribution is 2.60.